The summed E-state index contributed by atoms with van der Waals surface area (Å²) in [6, 6.07) is 20.9. The summed E-state index contributed by atoms with van der Waals surface area (Å²) in [5.41, 5.74) is -0.448. The third-order valence-corrected chi connectivity index (χ3v) is 11.1. The third-order valence-electron chi connectivity index (χ3n) is 11.1. The molecule has 6 amide bonds. The van der Waals surface area contributed by atoms with E-state index in [4.69, 9.17) is 0 Å². The van der Waals surface area contributed by atoms with Gasteiger partial charge in [-0.3, -0.25) is 19.4 Å². The molecule has 0 spiro atoms. The number of nitriles is 2. The molecule has 2 aliphatic heterocycles. The first-order valence-electron chi connectivity index (χ1n) is 20.0. The average Bonchev–Trinajstić information content (AvgIpc) is 3.25. The van der Waals surface area contributed by atoms with Gasteiger partial charge >= 0.3 is 24.4 Å². The molecule has 0 aliphatic carbocycles. The number of halogens is 6. The van der Waals surface area contributed by atoms with Gasteiger partial charge in [-0.2, -0.15) is 36.9 Å². The van der Waals surface area contributed by atoms with Crippen LogP contribution in [-0.2, 0) is 21.9 Å². The van der Waals surface area contributed by atoms with Crippen molar-refractivity contribution in [2.75, 3.05) is 50.1 Å². The van der Waals surface area contributed by atoms with E-state index in [0.717, 1.165) is 46.2 Å². The molecule has 65 heavy (non-hydrogen) atoms. The third kappa shape index (κ3) is 10.4. The van der Waals surface area contributed by atoms with Gasteiger partial charge in [0.05, 0.1) is 109 Å². The molecule has 2 aliphatic rings. The SMILES string of the molecule is CC1=C(C(=O)NCC[N+](C)(C)CCNC(=O)C2=C(C)N(c3cccc(C(F)(F)F)c3)C(=O)N[C@@H]2c2ccc(C#N)cc2)[C@@H](c2ccc(C#N)cc2)NC(=O)N1c1cccc(C(F)(F)F)c1. The maximum absolute atomic E-state index is 14.1. The van der Waals surface area contributed by atoms with E-state index in [2.05, 4.69) is 21.3 Å². The number of nitrogens with zero attached hydrogens (tertiary/aromatic N) is 5. The lowest BCUT2D eigenvalue weighted by Crippen LogP contribution is -2.52. The highest BCUT2D eigenvalue weighted by Crippen LogP contribution is 2.39. The zero-order chi connectivity index (χ0) is 47.4. The lowest BCUT2D eigenvalue weighted by atomic mass is 9.93. The van der Waals surface area contributed by atoms with E-state index in [0.29, 0.717) is 35.3 Å². The summed E-state index contributed by atoms with van der Waals surface area (Å²) in [6.07, 6.45) is -9.40. The minimum Gasteiger partial charge on any atom is -0.347 e. The van der Waals surface area contributed by atoms with Crippen molar-refractivity contribution in [3.05, 3.63) is 153 Å². The molecule has 4 N–H and O–H groups in total. The highest BCUT2D eigenvalue weighted by molar-refractivity contribution is 6.06. The van der Waals surface area contributed by atoms with E-state index in [-0.39, 0.29) is 51.5 Å². The Morgan fingerprint density at radius 3 is 1.31 bits per heavy atom. The van der Waals surface area contributed by atoms with Crippen LogP contribution in [0.25, 0.3) is 0 Å². The molecule has 0 aromatic heterocycles. The summed E-state index contributed by atoms with van der Waals surface area (Å²) in [5, 5.41) is 29.8. The lowest BCUT2D eigenvalue weighted by molar-refractivity contribution is -0.887. The van der Waals surface area contributed by atoms with E-state index in [9.17, 15) is 56.0 Å². The molecule has 2 heterocycles. The number of alkyl halides is 6. The zero-order valence-corrected chi connectivity index (χ0v) is 35.4. The van der Waals surface area contributed by atoms with Crippen molar-refractivity contribution < 1.29 is 50.0 Å². The maximum Gasteiger partial charge on any atom is 0.416 e. The summed E-state index contributed by atoms with van der Waals surface area (Å²) in [4.78, 5) is 57.2. The van der Waals surface area contributed by atoms with Gasteiger partial charge in [0.15, 0.2) is 0 Å². The number of hydrogen-bond donors (Lipinski definition) is 4. The molecule has 0 saturated heterocycles. The number of benzene rings is 4. The topological polar surface area (TPSA) is 170 Å². The number of likely N-dealkylation sites (N-methyl/N-ethyl adjacent to an activating group) is 1. The van der Waals surface area contributed by atoms with Crippen LogP contribution in [0, 0.1) is 22.7 Å². The molecule has 4 aromatic rings. The van der Waals surface area contributed by atoms with Gasteiger partial charge in [0.25, 0.3) is 11.8 Å². The van der Waals surface area contributed by atoms with Crippen LogP contribution in [0.2, 0.25) is 0 Å². The molecule has 0 saturated carbocycles. The van der Waals surface area contributed by atoms with Crippen LogP contribution in [-0.4, -0.2) is 68.6 Å². The Hall–Kier alpha value is -7.64. The van der Waals surface area contributed by atoms with Gasteiger partial charge < -0.3 is 25.8 Å². The first-order chi connectivity index (χ1) is 30.6. The van der Waals surface area contributed by atoms with Gasteiger partial charge in [0.2, 0.25) is 0 Å². The molecule has 19 heteroatoms. The van der Waals surface area contributed by atoms with Gasteiger partial charge in [0, 0.05) is 11.4 Å². The second-order valence-electron chi connectivity index (χ2n) is 15.9. The number of carbonyl (C=O) groups excluding carboxylic acids is 4. The molecule has 0 fully saturated rings. The van der Waals surface area contributed by atoms with Crippen LogP contribution < -0.4 is 31.1 Å². The molecular weight excluding hydrogens is 857 g/mol. The molecule has 0 unspecified atom stereocenters. The fourth-order valence-corrected chi connectivity index (χ4v) is 7.59. The van der Waals surface area contributed by atoms with Crippen molar-refractivity contribution in [1.82, 2.24) is 21.3 Å². The first-order valence-corrected chi connectivity index (χ1v) is 20.0. The molecule has 6 rings (SSSR count). The second kappa shape index (κ2) is 18.6. The van der Waals surface area contributed by atoms with Crippen molar-refractivity contribution in [2.24, 2.45) is 0 Å². The van der Waals surface area contributed by atoms with E-state index < -0.39 is 59.4 Å². The summed E-state index contributed by atoms with van der Waals surface area (Å²) in [5.74, 6) is -1.24. The van der Waals surface area contributed by atoms with Crippen molar-refractivity contribution in [3.63, 3.8) is 0 Å². The second-order valence-corrected chi connectivity index (χ2v) is 15.9. The van der Waals surface area contributed by atoms with Crippen LogP contribution in [0.5, 0.6) is 0 Å². The number of quaternary nitrogens is 1. The van der Waals surface area contributed by atoms with Gasteiger partial charge in [-0.1, -0.05) is 36.4 Å². The maximum atomic E-state index is 14.1. The Morgan fingerprint density at radius 2 is 0.985 bits per heavy atom. The van der Waals surface area contributed by atoms with Crippen LogP contribution in [0.1, 0.15) is 59.3 Å². The van der Waals surface area contributed by atoms with Gasteiger partial charge in [0.1, 0.15) is 0 Å². The van der Waals surface area contributed by atoms with E-state index in [1.54, 1.807) is 24.3 Å². The Kier molecular flexibility index (Phi) is 13.4. The Balaban J connectivity index is 1.19. The molecule has 0 radical (unpaired) electrons. The molecule has 336 valence electrons. The lowest BCUT2D eigenvalue weighted by Gasteiger charge is -2.36. The Labute approximate surface area is 369 Å². The van der Waals surface area contributed by atoms with Gasteiger partial charge in [-0.15, -0.1) is 0 Å². The minimum absolute atomic E-state index is 0.0449. The number of allylic oxidation sites excluding steroid dienone is 2. The number of anilines is 2. The van der Waals surface area contributed by atoms with E-state index in [1.165, 1.54) is 50.2 Å². The normalized spacial score (nSPS) is 16.9. The highest BCUT2D eigenvalue weighted by Gasteiger charge is 2.40. The smallest absolute Gasteiger partial charge is 0.347 e. The number of urea groups is 2. The summed E-state index contributed by atoms with van der Waals surface area (Å²) in [6.45, 7) is 3.64. The zero-order valence-electron chi connectivity index (χ0n) is 35.4. The quantitative estimate of drug-likeness (QED) is 0.0845. The van der Waals surface area contributed by atoms with E-state index >= 15 is 0 Å². The van der Waals surface area contributed by atoms with Crippen molar-refractivity contribution in [1.29, 1.82) is 10.5 Å². The van der Waals surface area contributed by atoms with Crippen LogP contribution in [0.15, 0.2) is 120 Å². The number of hydrogen-bond acceptors (Lipinski definition) is 6. The van der Waals surface area contributed by atoms with Gasteiger partial charge in [-0.25, -0.2) is 9.59 Å². The monoisotopic (exact) mass is 898 g/mol. The van der Waals surface area contributed by atoms with Gasteiger partial charge in [-0.05, 0) is 85.6 Å². The average molecular weight is 899 g/mol. The summed E-state index contributed by atoms with van der Waals surface area (Å²) < 4.78 is 82.2. The predicted molar refractivity (Wildman–Crippen MR) is 226 cm³/mol. The Morgan fingerprint density at radius 1 is 0.631 bits per heavy atom. The van der Waals surface area contributed by atoms with Crippen molar-refractivity contribution >= 4 is 35.3 Å². The van der Waals surface area contributed by atoms with E-state index in [1.807, 2.05) is 26.2 Å². The number of amides is 6. The van der Waals surface area contributed by atoms with Crippen molar-refractivity contribution in [2.45, 2.75) is 38.3 Å². The van der Waals surface area contributed by atoms with Crippen molar-refractivity contribution in [3.8, 4) is 12.1 Å². The summed E-state index contributed by atoms with van der Waals surface area (Å²) in [7, 11) is 3.66. The molecule has 4 aromatic carbocycles. The Bertz CT molecular complexity index is 2480. The van der Waals surface area contributed by atoms with Crippen LogP contribution in [0.4, 0.5) is 47.3 Å². The highest BCUT2D eigenvalue weighted by atomic mass is 19.4. The van der Waals surface area contributed by atoms with Crippen LogP contribution in [0.3, 0.4) is 0 Å². The fourth-order valence-electron chi connectivity index (χ4n) is 7.59. The standard InChI is InChI=1S/C46H41F6N9O4/c1-27-37(39(31-15-11-29(25-53)12-16-31)57-43(64)59(27)35-9-5-7-33(23-35)45(47,48)49)41(62)55-19-21-61(3,4)22-20-56-42(63)38-28(2)60(36-10-6-8-34(24-36)46(50,51)52)44(65)58-40(38)32-17-13-30(26-54)14-18-32/h5-18,23-24,39-40H,19-22H2,1-4H3,(H3-,55,56,57,58,62,63,64,65)/p+1/t39-,40-/m1/s1. The first kappa shape index (κ1) is 46.9. The minimum atomic E-state index is -4.70. The molecule has 2 atom stereocenters. The largest absolute Gasteiger partial charge is 0.416 e. The summed E-state index contributed by atoms with van der Waals surface area (Å²) >= 11 is 0. The number of nitrogens with one attached hydrogen (secondary N) is 4. The molecule has 0 bridgehead atoms. The predicted octanol–water partition coefficient (Wildman–Crippen LogP) is 7.57. The van der Waals surface area contributed by atoms with Crippen LogP contribution >= 0.6 is 0 Å². The molecular formula is C46H42F6N9O4+. The molecule has 13 nitrogen and oxygen atoms in total. The number of carbonyl (C=O) groups is 4. The fraction of sp³-hybridized carbons (Fsp3) is 0.261. The number of rotatable bonds is 12.